The van der Waals surface area contributed by atoms with Gasteiger partial charge >= 0.3 is 0 Å². The first kappa shape index (κ1) is 14.6. The Kier molecular flexibility index (Phi) is 4.35. The fourth-order valence-corrected chi connectivity index (χ4v) is 3.29. The number of Topliss-reactive ketones (excluding diaryl/α,β-unsaturated/α-hetero) is 1. The molecule has 0 amide bonds. The molecule has 19 heavy (non-hydrogen) atoms. The van der Waals surface area contributed by atoms with Gasteiger partial charge in [0.1, 0.15) is 0 Å². The van der Waals surface area contributed by atoms with Gasteiger partial charge in [-0.3, -0.25) is 4.79 Å². The van der Waals surface area contributed by atoms with Crippen LogP contribution in [0.5, 0.6) is 0 Å². The molecule has 0 N–H and O–H groups in total. The number of hydrogen-bond donors (Lipinski definition) is 0. The third kappa shape index (κ3) is 3.60. The average Bonchev–Trinajstić information content (AvgIpc) is 2.37. The summed E-state index contributed by atoms with van der Waals surface area (Å²) in [5.74, 6) is 1.21. The van der Waals surface area contributed by atoms with Gasteiger partial charge in [0.25, 0.3) is 0 Å². The van der Waals surface area contributed by atoms with Crippen molar-refractivity contribution in [2.75, 3.05) is 0 Å². The highest BCUT2D eigenvalue weighted by Gasteiger charge is 2.32. The second kappa shape index (κ2) is 5.66. The Labute approximate surface area is 121 Å². The van der Waals surface area contributed by atoms with Crippen molar-refractivity contribution in [1.82, 2.24) is 0 Å². The number of halogens is 1. The lowest BCUT2D eigenvalue weighted by Gasteiger charge is -2.36. The van der Waals surface area contributed by atoms with Crippen LogP contribution in [-0.4, -0.2) is 5.78 Å². The lowest BCUT2D eigenvalue weighted by molar-refractivity contribution is 0.0819. The molecule has 1 aromatic carbocycles. The highest BCUT2D eigenvalue weighted by atomic mass is 35.5. The summed E-state index contributed by atoms with van der Waals surface area (Å²) in [5.41, 5.74) is 1.14. The zero-order valence-corrected chi connectivity index (χ0v) is 12.8. The zero-order valence-electron chi connectivity index (χ0n) is 12.1. The summed E-state index contributed by atoms with van der Waals surface area (Å²) in [6.45, 7) is 6.91. The molecular weight excluding hydrogens is 256 g/mol. The molecule has 2 rings (SSSR count). The number of rotatable bonds is 2. The van der Waals surface area contributed by atoms with Crippen molar-refractivity contribution in [2.24, 2.45) is 17.3 Å². The highest BCUT2D eigenvalue weighted by Crippen LogP contribution is 2.40. The van der Waals surface area contributed by atoms with E-state index in [-0.39, 0.29) is 11.7 Å². The summed E-state index contributed by atoms with van der Waals surface area (Å²) in [6.07, 6.45) is 4.38. The Bertz CT molecular complexity index is 451. The monoisotopic (exact) mass is 278 g/mol. The Balaban J connectivity index is 2.00. The summed E-state index contributed by atoms with van der Waals surface area (Å²) >= 11 is 5.96. The Hall–Kier alpha value is -0.820. The minimum Gasteiger partial charge on any atom is -0.294 e. The molecule has 0 aliphatic heterocycles. The molecule has 0 saturated heterocycles. The number of ketones is 1. The molecule has 1 aliphatic carbocycles. The van der Waals surface area contributed by atoms with Crippen LogP contribution in [0, 0.1) is 17.3 Å². The maximum absolute atomic E-state index is 12.4. The van der Waals surface area contributed by atoms with Crippen molar-refractivity contribution in [3.8, 4) is 0 Å². The van der Waals surface area contributed by atoms with Crippen molar-refractivity contribution in [2.45, 2.75) is 46.5 Å². The SMILES string of the molecule is CC(C)(C)C1CCC(C(=O)c2cccc(Cl)c2)CC1. The molecule has 0 radical (unpaired) electrons. The fraction of sp³-hybridized carbons (Fsp3) is 0.588. The average molecular weight is 279 g/mol. The minimum absolute atomic E-state index is 0.192. The van der Waals surface area contributed by atoms with Gasteiger partial charge in [0.2, 0.25) is 0 Å². The van der Waals surface area contributed by atoms with Crippen molar-refractivity contribution in [3.05, 3.63) is 34.9 Å². The van der Waals surface area contributed by atoms with E-state index in [0.29, 0.717) is 10.4 Å². The van der Waals surface area contributed by atoms with Gasteiger partial charge in [-0.15, -0.1) is 0 Å². The number of benzene rings is 1. The van der Waals surface area contributed by atoms with E-state index in [1.54, 1.807) is 6.07 Å². The summed E-state index contributed by atoms with van der Waals surface area (Å²) in [6, 6.07) is 7.34. The molecule has 0 heterocycles. The van der Waals surface area contributed by atoms with Gasteiger partial charge in [-0.1, -0.05) is 44.5 Å². The first-order valence-electron chi connectivity index (χ1n) is 7.17. The lowest BCUT2D eigenvalue weighted by Crippen LogP contribution is -2.28. The number of carbonyl (C=O) groups excluding carboxylic acids is 1. The Morgan fingerprint density at radius 3 is 2.32 bits per heavy atom. The predicted octanol–water partition coefficient (Wildman–Crippen LogP) is 5.38. The van der Waals surface area contributed by atoms with Crippen LogP contribution in [0.4, 0.5) is 0 Å². The summed E-state index contributed by atoms with van der Waals surface area (Å²) in [7, 11) is 0. The molecule has 104 valence electrons. The van der Waals surface area contributed by atoms with Gasteiger partial charge in [-0.25, -0.2) is 0 Å². The first-order chi connectivity index (χ1) is 8.88. The van der Waals surface area contributed by atoms with Gasteiger partial charge < -0.3 is 0 Å². The molecule has 0 spiro atoms. The van der Waals surface area contributed by atoms with E-state index in [9.17, 15) is 4.79 Å². The van der Waals surface area contributed by atoms with E-state index in [4.69, 9.17) is 11.6 Å². The van der Waals surface area contributed by atoms with Crippen LogP contribution in [0.15, 0.2) is 24.3 Å². The second-order valence-corrected chi connectivity index (χ2v) is 7.23. The van der Waals surface area contributed by atoms with E-state index in [2.05, 4.69) is 20.8 Å². The van der Waals surface area contributed by atoms with Crippen LogP contribution >= 0.6 is 11.6 Å². The largest absolute Gasteiger partial charge is 0.294 e. The van der Waals surface area contributed by atoms with E-state index in [1.807, 2.05) is 18.2 Å². The van der Waals surface area contributed by atoms with Gasteiger partial charge in [0, 0.05) is 16.5 Å². The molecule has 0 bridgehead atoms. The molecule has 0 atom stereocenters. The second-order valence-electron chi connectivity index (χ2n) is 6.79. The van der Waals surface area contributed by atoms with Crippen LogP contribution in [0.25, 0.3) is 0 Å². The quantitative estimate of drug-likeness (QED) is 0.664. The summed E-state index contributed by atoms with van der Waals surface area (Å²) in [5, 5.41) is 0.647. The third-order valence-electron chi connectivity index (χ3n) is 4.43. The van der Waals surface area contributed by atoms with Crippen LogP contribution < -0.4 is 0 Å². The van der Waals surface area contributed by atoms with Crippen LogP contribution in [-0.2, 0) is 0 Å². The van der Waals surface area contributed by atoms with Crippen molar-refractivity contribution in [3.63, 3.8) is 0 Å². The fourth-order valence-electron chi connectivity index (χ4n) is 3.10. The lowest BCUT2D eigenvalue weighted by atomic mass is 9.69. The molecule has 1 nitrogen and oxygen atoms in total. The van der Waals surface area contributed by atoms with E-state index in [1.165, 1.54) is 12.8 Å². The van der Waals surface area contributed by atoms with E-state index in [0.717, 1.165) is 24.3 Å². The van der Waals surface area contributed by atoms with Crippen molar-refractivity contribution < 1.29 is 4.79 Å². The first-order valence-corrected chi connectivity index (χ1v) is 7.55. The smallest absolute Gasteiger partial charge is 0.165 e. The van der Waals surface area contributed by atoms with Crippen molar-refractivity contribution in [1.29, 1.82) is 0 Å². The highest BCUT2D eigenvalue weighted by molar-refractivity contribution is 6.31. The van der Waals surface area contributed by atoms with Crippen molar-refractivity contribution >= 4 is 17.4 Å². The van der Waals surface area contributed by atoms with Gasteiger partial charge in [-0.2, -0.15) is 0 Å². The van der Waals surface area contributed by atoms with Crippen LogP contribution in [0.3, 0.4) is 0 Å². The standard InChI is InChI=1S/C17H23ClO/c1-17(2,3)14-9-7-12(8-10-14)16(19)13-5-4-6-15(18)11-13/h4-6,11-12,14H,7-10H2,1-3H3. The predicted molar refractivity (Wildman–Crippen MR) is 80.7 cm³/mol. The van der Waals surface area contributed by atoms with Crippen LogP contribution in [0.1, 0.15) is 56.8 Å². The number of hydrogen-bond acceptors (Lipinski definition) is 1. The molecule has 2 heteroatoms. The summed E-state index contributed by atoms with van der Waals surface area (Å²) < 4.78 is 0. The zero-order chi connectivity index (χ0) is 14.0. The normalized spacial score (nSPS) is 24.2. The topological polar surface area (TPSA) is 17.1 Å². The van der Waals surface area contributed by atoms with E-state index < -0.39 is 0 Å². The molecule has 1 aromatic rings. The van der Waals surface area contributed by atoms with Gasteiger partial charge in [0.05, 0.1) is 0 Å². The maximum Gasteiger partial charge on any atom is 0.165 e. The molecule has 1 saturated carbocycles. The van der Waals surface area contributed by atoms with E-state index >= 15 is 0 Å². The molecule has 1 fully saturated rings. The number of carbonyl (C=O) groups is 1. The molecule has 0 aromatic heterocycles. The Morgan fingerprint density at radius 2 is 1.79 bits per heavy atom. The minimum atomic E-state index is 0.192. The summed E-state index contributed by atoms with van der Waals surface area (Å²) in [4.78, 5) is 12.4. The molecule has 1 aliphatic rings. The maximum atomic E-state index is 12.4. The molecular formula is C17H23ClO. The van der Waals surface area contributed by atoms with Gasteiger partial charge in [0.15, 0.2) is 5.78 Å². The molecule has 0 unspecified atom stereocenters. The third-order valence-corrected chi connectivity index (χ3v) is 4.67. The van der Waals surface area contributed by atoms with Gasteiger partial charge in [-0.05, 0) is 49.1 Å². The van der Waals surface area contributed by atoms with Crippen LogP contribution in [0.2, 0.25) is 5.02 Å². The Morgan fingerprint density at radius 1 is 1.16 bits per heavy atom.